The fraction of sp³-hybridized carbons (Fsp3) is 0.786. The summed E-state index contributed by atoms with van der Waals surface area (Å²) in [6, 6.07) is 0. The Hall–Kier alpha value is -0.413. The molecule has 0 aromatic heterocycles. The van der Waals surface area contributed by atoms with Gasteiger partial charge in [-0.1, -0.05) is 26.8 Å². The molecule has 0 aliphatic heterocycles. The summed E-state index contributed by atoms with van der Waals surface area (Å²) in [6.07, 6.45) is 7.55. The Morgan fingerprint density at radius 3 is 2.59 bits per heavy atom. The number of hydrogen-bond donors (Lipinski definition) is 0. The van der Waals surface area contributed by atoms with Crippen molar-refractivity contribution in [3.05, 3.63) is 12.2 Å². The molecule has 0 fully saturated rings. The summed E-state index contributed by atoms with van der Waals surface area (Å²) in [4.78, 5) is 11.3. The first-order valence-corrected chi connectivity index (χ1v) is 9.50. The van der Waals surface area contributed by atoms with E-state index >= 15 is 0 Å². The average Bonchev–Trinajstić information content (AvgIpc) is 2.11. The Balaban J connectivity index is 2.62. The van der Waals surface area contributed by atoms with Crippen LogP contribution >= 0.6 is 0 Å². The van der Waals surface area contributed by atoms with E-state index in [2.05, 4.69) is 33.9 Å². The molecule has 1 rings (SSSR count). The smallest absolute Gasteiger partial charge is 0.192 e. The maximum absolute atomic E-state index is 11.3. The van der Waals surface area contributed by atoms with Crippen LogP contribution in [-0.4, -0.2) is 20.2 Å². The molecular weight excluding hydrogens is 228 g/mol. The Morgan fingerprint density at radius 1 is 1.35 bits per heavy atom. The van der Waals surface area contributed by atoms with Crippen LogP contribution in [0.5, 0.6) is 0 Å². The summed E-state index contributed by atoms with van der Waals surface area (Å²) in [7, 11) is -1.67. The molecule has 2 nitrogen and oxygen atoms in total. The third-order valence-electron chi connectivity index (χ3n) is 3.92. The normalized spacial score (nSPS) is 25.2. The highest BCUT2D eigenvalue weighted by molar-refractivity contribution is 6.74. The largest absolute Gasteiger partial charge is 0.414 e. The number of carbonyl (C=O) groups is 1. The molecule has 1 aliphatic carbocycles. The van der Waals surface area contributed by atoms with Crippen LogP contribution in [-0.2, 0) is 9.22 Å². The summed E-state index contributed by atoms with van der Waals surface area (Å²) in [5.74, 6) is 0.260. The molecule has 98 valence electrons. The lowest BCUT2D eigenvalue weighted by Crippen LogP contribution is -2.44. The fourth-order valence-corrected chi connectivity index (χ4v) is 3.16. The van der Waals surface area contributed by atoms with Crippen LogP contribution in [0.15, 0.2) is 12.2 Å². The monoisotopic (exact) mass is 254 g/mol. The zero-order valence-electron chi connectivity index (χ0n) is 11.9. The van der Waals surface area contributed by atoms with Gasteiger partial charge in [-0.15, -0.1) is 0 Å². The predicted molar refractivity (Wildman–Crippen MR) is 74.7 cm³/mol. The van der Waals surface area contributed by atoms with Crippen LogP contribution in [0.2, 0.25) is 18.1 Å². The van der Waals surface area contributed by atoms with Gasteiger partial charge in [-0.3, -0.25) is 4.79 Å². The third kappa shape index (κ3) is 4.40. The molecule has 0 saturated heterocycles. The standard InChI is InChI=1S/C14H26O2Si/c1-14(2,3)17(4,5)16-13-10-6-8-12(15)9-7-11-13/h6,8,13H,7,9-11H2,1-5H3/b8-6-. The molecule has 3 heteroatoms. The molecule has 0 aromatic rings. The zero-order chi connectivity index (χ0) is 13.1. The van der Waals surface area contributed by atoms with Crippen molar-refractivity contribution in [2.45, 2.75) is 70.7 Å². The Kier molecular flexibility index (Phi) is 4.73. The fourth-order valence-electron chi connectivity index (χ4n) is 1.76. The maximum Gasteiger partial charge on any atom is 0.192 e. The predicted octanol–water partition coefficient (Wildman–Crippen LogP) is 4.08. The SMILES string of the molecule is CC(C)(C)[Si](C)(C)OC1C/C=C\C(=O)CCC1. The number of ketones is 1. The first kappa shape index (κ1) is 14.6. The molecule has 0 aromatic carbocycles. The molecule has 17 heavy (non-hydrogen) atoms. The van der Waals surface area contributed by atoms with E-state index in [4.69, 9.17) is 4.43 Å². The topological polar surface area (TPSA) is 26.3 Å². The lowest BCUT2D eigenvalue weighted by Gasteiger charge is -2.39. The molecule has 0 amide bonds. The molecule has 0 spiro atoms. The van der Waals surface area contributed by atoms with Gasteiger partial charge in [0.2, 0.25) is 0 Å². The van der Waals surface area contributed by atoms with Gasteiger partial charge in [0, 0.05) is 12.5 Å². The molecule has 0 bridgehead atoms. The Bertz CT molecular complexity index is 300. The molecule has 1 atom stereocenters. The van der Waals surface area contributed by atoms with Crippen LogP contribution in [0.3, 0.4) is 0 Å². The summed E-state index contributed by atoms with van der Waals surface area (Å²) in [5, 5.41) is 0.259. The Morgan fingerprint density at radius 2 is 2.00 bits per heavy atom. The van der Waals surface area contributed by atoms with Crippen LogP contribution < -0.4 is 0 Å². The first-order chi connectivity index (χ1) is 7.72. The summed E-state index contributed by atoms with van der Waals surface area (Å²) < 4.78 is 6.39. The molecular formula is C14H26O2Si. The highest BCUT2D eigenvalue weighted by Gasteiger charge is 2.38. The average molecular weight is 254 g/mol. The lowest BCUT2D eigenvalue weighted by molar-refractivity contribution is -0.114. The highest BCUT2D eigenvalue weighted by atomic mass is 28.4. The summed E-state index contributed by atoms with van der Waals surface area (Å²) in [5.41, 5.74) is 0. The van der Waals surface area contributed by atoms with E-state index in [1.54, 1.807) is 6.08 Å². The van der Waals surface area contributed by atoms with E-state index < -0.39 is 8.32 Å². The van der Waals surface area contributed by atoms with Gasteiger partial charge < -0.3 is 4.43 Å². The van der Waals surface area contributed by atoms with Gasteiger partial charge in [0.15, 0.2) is 14.1 Å². The number of carbonyl (C=O) groups excluding carboxylic acids is 1. The van der Waals surface area contributed by atoms with Crippen molar-refractivity contribution in [2.24, 2.45) is 0 Å². The minimum Gasteiger partial charge on any atom is -0.414 e. The van der Waals surface area contributed by atoms with Crippen molar-refractivity contribution in [1.29, 1.82) is 0 Å². The third-order valence-corrected chi connectivity index (χ3v) is 8.45. The molecule has 1 aliphatic rings. The Labute approximate surface area is 107 Å². The van der Waals surface area contributed by atoms with E-state index in [1.165, 1.54) is 0 Å². The van der Waals surface area contributed by atoms with Crippen molar-refractivity contribution in [3.8, 4) is 0 Å². The van der Waals surface area contributed by atoms with E-state index in [-0.39, 0.29) is 10.8 Å². The van der Waals surface area contributed by atoms with Crippen LogP contribution in [0.25, 0.3) is 0 Å². The lowest BCUT2D eigenvalue weighted by atomic mass is 10.0. The number of allylic oxidation sites excluding steroid dienone is 1. The summed E-state index contributed by atoms with van der Waals surface area (Å²) >= 11 is 0. The van der Waals surface area contributed by atoms with Gasteiger partial charge in [0.1, 0.15) is 0 Å². The van der Waals surface area contributed by atoms with Gasteiger partial charge in [-0.05, 0) is 43.5 Å². The quantitative estimate of drug-likeness (QED) is 0.694. The van der Waals surface area contributed by atoms with Crippen molar-refractivity contribution in [1.82, 2.24) is 0 Å². The van der Waals surface area contributed by atoms with Gasteiger partial charge in [0.25, 0.3) is 0 Å². The minimum atomic E-state index is -1.67. The van der Waals surface area contributed by atoms with E-state index in [0.29, 0.717) is 12.5 Å². The molecule has 0 N–H and O–H groups in total. The second-order valence-electron chi connectivity index (χ2n) is 6.50. The van der Waals surface area contributed by atoms with Crippen molar-refractivity contribution >= 4 is 14.1 Å². The highest BCUT2D eigenvalue weighted by Crippen LogP contribution is 2.38. The van der Waals surface area contributed by atoms with Crippen molar-refractivity contribution in [2.75, 3.05) is 0 Å². The van der Waals surface area contributed by atoms with Crippen molar-refractivity contribution in [3.63, 3.8) is 0 Å². The van der Waals surface area contributed by atoms with Crippen LogP contribution in [0.1, 0.15) is 46.5 Å². The maximum atomic E-state index is 11.3. The van der Waals surface area contributed by atoms with Gasteiger partial charge >= 0.3 is 0 Å². The van der Waals surface area contributed by atoms with Gasteiger partial charge in [-0.25, -0.2) is 0 Å². The minimum absolute atomic E-state index is 0.259. The van der Waals surface area contributed by atoms with E-state index in [1.807, 2.05) is 6.08 Å². The van der Waals surface area contributed by atoms with Crippen LogP contribution in [0, 0.1) is 0 Å². The van der Waals surface area contributed by atoms with Crippen molar-refractivity contribution < 1.29 is 9.22 Å². The number of hydrogen-bond acceptors (Lipinski definition) is 2. The molecule has 0 saturated carbocycles. The molecule has 1 unspecified atom stereocenters. The number of rotatable bonds is 2. The first-order valence-electron chi connectivity index (χ1n) is 6.59. The van der Waals surface area contributed by atoms with Gasteiger partial charge in [-0.2, -0.15) is 0 Å². The van der Waals surface area contributed by atoms with E-state index in [9.17, 15) is 4.79 Å². The van der Waals surface area contributed by atoms with Crippen LogP contribution in [0.4, 0.5) is 0 Å². The van der Waals surface area contributed by atoms with Gasteiger partial charge in [0.05, 0.1) is 0 Å². The second-order valence-corrected chi connectivity index (χ2v) is 11.3. The summed E-state index contributed by atoms with van der Waals surface area (Å²) in [6.45, 7) is 11.4. The zero-order valence-corrected chi connectivity index (χ0v) is 12.9. The molecule has 0 radical (unpaired) electrons. The van der Waals surface area contributed by atoms with E-state index in [0.717, 1.165) is 19.3 Å². The second kappa shape index (κ2) is 5.49. The molecule has 0 heterocycles.